The maximum atomic E-state index is 4.30. The van der Waals surface area contributed by atoms with E-state index >= 15 is 0 Å². The number of hydrogen-bond acceptors (Lipinski definition) is 3. The average molecular weight is 288 g/mol. The molecule has 0 amide bonds. The first-order valence-electron chi connectivity index (χ1n) is 7.46. The predicted octanol–water partition coefficient (Wildman–Crippen LogP) is 4.30. The highest BCUT2D eigenvalue weighted by Gasteiger charge is 2.15. The van der Waals surface area contributed by atoms with Crippen molar-refractivity contribution in [3.63, 3.8) is 0 Å². The third-order valence-corrected chi connectivity index (χ3v) is 4.82. The molecule has 0 radical (unpaired) electrons. The molecule has 108 valence electrons. The van der Waals surface area contributed by atoms with Crippen molar-refractivity contribution in [3.05, 3.63) is 51.5 Å². The summed E-state index contributed by atoms with van der Waals surface area (Å²) in [4.78, 5) is 7.23. The van der Waals surface area contributed by atoms with Crippen LogP contribution in [0.3, 0.4) is 0 Å². The Hall–Kier alpha value is -1.19. The van der Waals surface area contributed by atoms with Crippen molar-refractivity contribution in [2.75, 3.05) is 6.54 Å². The quantitative estimate of drug-likeness (QED) is 0.821. The number of aryl methyl sites for hydroxylation is 2. The summed E-state index contributed by atoms with van der Waals surface area (Å²) in [6, 6.07) is 7.00. The van der Waals surface area contributed by atoms with Crippen LogP contribution in [0.15, 0.2) is 30.6 Å². The molecule has 0 aliphatic carbocycles. The summed E-state index contributed by atoms with van der Waals surface area (Å²) in [5.74, 6) is 0. The van der Waals surface area contributed by atoms with E-state index in [-0.39, 0.29) is 0 Å². The second-order valence-electron chi connectivity index (χ2n) is 5.16. The largest absolute Gasteiger partial charge is 0.310 e. The topological polar surface area (TPSA) is 24.9 Å². The van der Waals surface area contributed by atoms with Gasteiger partial charge < -0.3 is 5.32 Å². The highest BCUT2D eigenvalue weighted by atomic mass is 32.1. The lowest BCUT2D eigenvalue weighted by molar-refractivity contribution is 0.528. The lowest BCUT2D eigenvalue weighted by Crippen LogP contribution is -2.24. The number of hydrogen-bond donors (Lipinski definition) is 1. The van der Waals surface area contributed by atoms with Crippen molar-refractivity contribution in [2.24, 2.45) is 0 Å². The number of rotatable bonds is 7. The molecule has 2 aromatic heterocycles. The van der Waals surface area contributed by atoms with Crippen LogP contribution in [0.5, 0.6) is 0 Å². The van der Waals surface area contributed by atoms with Crippen LogP contribution >= 0.6 is 11.3 Å². The van der Waals surface area contributed by atoms with Gasteiger partial charge in [-0.05, 0) is 55.6 Å². The zero-order valence-electron chi connectivity index (χ0n) is 12.6. The first kappa shape index (κ1) is 15.2. The van der Waals surface area contributed by atoms with Gasteiger partial charge >= 0.3 is 0 Å². The molecule has 2 rings (SSSR count). The van der Waals surface area contributed by atoms with E-state index in [4.69, 9.17) is 0 Å². The van der Waals surface area contributed by atoms with E-state index in [2.05, 4.69) is 49.3 Å². The van der Waals surface area contributed by atoms with Crippen LogP contribution in [0.2, 0.25) is 0 Å². The van der Waals surface area contributed by atoms with Gasteiger partial charge in [0, 0.05) is 34.6 Å². The first-order valence-corrected chi connectivity index (χ1v) is 8.27. The maximum absolute atomic E-state index is 4.30. The Labute approximate surface area is 126 Å². The molecule has 0 saturated heterocycles. The van der Waals surface area contributed by atoms with Crippen LogP contribution < -0.4 is 5.32 Å². The highest BCUT2D eigenvalue weighted by molar-refractivity contribution is 7.11. The van der Waals surface area contributed by atoms with E-state index in [9.17, 15) is 0 Å². The van der Waals surface area contributed by atoms with Crippen molar-refractivity contribution < 1.29 is 0 Å². The van der Waals surface area contributed by atoms with Crippen LogP contribution in [0.1, 0.15) is 47.2 Å². The molecule has 2 nitrogen and oxygen atoms in total. The normalized spacial score (nSPS) is 12.6. The zero-order chi connectivity index (χ0) is 14.4. The van der Waals surface area contributed by atoms with Gasteiger partial charge in [0.05, 0.1) is 0 Å². The summed E-state index contributed by atoms with van der Waals surface area (Å²) in [5, 5.41) is 3.67. The molecule has 2 aromatic rings. The molecule has 0 aliphatic heterocycles. The Morgan fingerprint density at radius 3 is 2.65 bits per heavy atom. The van der Waals surface area contributed by atoms with Gasteiger partial charge in [-0.25, -0.2) is 0 Å². The van der Waals surface area contributed by atoms with Gasteiger partial charge in [-0.3, -0.25) is 4.98 Å². The summed E-state index contributed by atoms with van der Waals surface area (Å²) in [7, 11) is 0. The third-order valence-electron chi connectivity index (χ3n) is 3.57. The van der Waals surface area contributed by atoms with Crippen LogP contribution in [-0.4, -0.2) is 11.5 Å². The van der Waals surface area contributed by atoms with Crippen LogP contribution in [0.4, 0.5) is 0 Å². The van der Waals surface area contributed by atoms with E-state index in [1.807, 2.05) is 23.7 Å². The number of pyridine rings is 1. The fraction of sp³-hybridized carbons (Fsp3) is 0.471. The Kier molecular flexibility index (Phi) is 5.74. The molecule has 0 aromatic carbocycles. The van der Waals surface area contributed by atoms with E-state index in [1.165, 1.54) is 20.9 Å². The molecular weight excluding hydrogens is 264 g/mol. The van der Waals surface area contributed by atoms with Crippen LogP contribution in [0, 0.1) is 6.92 Å². The molecule has 3 heteroatoms. The summed E-state index contributed by atoms with van der Waals surface area (Å²) < 4.78 is 0. The van der Waals surface area contributed by atoms with E-state index in [0.717, 1.165) is 25.8 Å². The molecule has 1 atom stereocenters. The summed E-state index contributed by atoms with van der Waals surface area (Å²) >= 11 is 1.93. The molecular formula is C17H24N2S. The Bertz CT molecular complexity index is 533. The Morgan fingerprint density at radius 1 is 1.20 bits per heavy atom. The molecule has 2 heterocycles. The number of thiophene rings is 1. The van der Waals surface area contributed by atoms with Gasteiger partial charge in [0.15, 0.2) is 0 Å². The SMILES string of the molecule is CCCNC(Cc1ccc(CC)s1)c1cnccc1C. The molecule has 1 N–H and O–H groups in total. The minimum absolute atomic E-state index is 0.368. The minimum Gasteiger partial charge on any atom is -0.310 e. The fourth-order valence-corrected chi connectivity index (χ4v) is 3.38. The second-order valence-corrected chi connectivity index (χ2v) is 6.42. The van der Waals surface area contributed by atoms with Gasteiger partial charge in [-0.1, -0.05) is 13.8 Å². The fourth-order valence-electron chi connectivity index (χ4n) is 2.37. The number of nitrogens with zero attached hydrogens (tertiary/aromatic N) is 1. The number of nitrogens with one attached hydrogen (secondary N) is 1. The van der Waals surface area contributed by atoms with Crippen molar-refractivity contribution >= 4 is 11.3 Å². The standard InChI is InChI=1S/C17H24N2S/c1-4-9-19-17(16-12-18-10-8-13(16)3)11-15-7-6-14(5-2)20-15/h6-8,10,12,17,19H,4-5,9,11H2,1-3H3. The molecule has 20 heavy (non-hydrogen) atoms. The van der Waals surface area contributed by atoms with Crippen molar-refractivity contribution in [3.8, 4) is 0 Å². The molecule has 0 aliphatic rings. The summed E-state index contributed by atoms with van der Waals surface area (Å²) in [6.45, 7) is 7.64. The summed E-state index contributed by atoms with van der Waals surface area (Å²) in [6.07, 6.45) is 7.22. The van der Waals surface area contributed by atoms with Gasteiger partial charge in [0.1, 0.15) is 0 Å². The molecule has 0 saturated carbocycles. The minimum atomic E-state index is 0.368. The second kappa shape index (κ2) is 7.55. The monoisotopic (exact) mass is 288 g/mol. The van der Waals surface area contributed by atoms with Gasteiger partial charge in [-0.15, -0.1) is 11.3 Å². The lowest BCUT2D eigenvalue weighted by atomic mass is 10.0. The van der Waals surface area contributed by atoms with Gasteiger partial charge in [0.2, 0.25) is 0 Å². The highest BCUT2D eigenvalue weighted by Crippen LogP contribution is 2.25. The van der Waals surface area contributed by atoms with Crippen LogP contribution in [0.25, 0.3) is 0 Å². The van der Waals surface area contributed by atoms with Crippen molar-refractivity contribution in [2.45, 2.75) is 46.1 Å². The first-order chi connectivity index (χ1) is 9.74. The molecule has 0 fully saturated rings. The average Bonchev–Trinajstić information content (AvgIpc) is 2.92. The van der Waals surface area contributed by atoms with Crippen molar-refractivity contribution in [1.29, 1.82) is 0 Å². The predicted molar refractivity (Wildman–Crippen MR) is 87.4 cm³/mol. The van der Waals surface area contributed by atoms with Crippen LogP contribution in [-0.2, 0) is 12.8 Å². The van der Waals surface area contributed by atoms with Crippen molar-refractivity contribution in [1.82, 2.24) is 10.3 Å². The Morgan fingerprint density at radius 2 is 2.00 bits per heavy atom. The van der Waals surface area contributed by atoms with E-state index in [0.29, 0.717) is 6.04 Å². The van der Waals surface area contributed by atoms with Gasteiger partial charge in [-0.2, -0.15) is 0 Å². The molecule has 0 spiro atoms. The summed E-state index contributed by atoms with van der Waals surface area (Å²) in [5.41, 5.74) is 2.65. The maximum Gasteiger partial charge on any atom is 0.0386 e. The lowest BCUT2D eigenvalue weighted by Gasteiger charge is -2.20. The van der Waals surface area contributed by atoms with Gasteiger partial charge in [0.25, 0.3) is 0 Å². The molecule has 1 unspecified atom stereocenters. The molecule has 0 bridgehead atoms. The van der Waals surface area contributed by atoms with E-state index in [1.54, 1.807) is 0 Å². The third kappa shape index (κ3) is 3.90. The van der Waals surface area contributed by atoms with E-state index < -0.39 is 0 Å². The smallest absolute Gasteiger partial charge is 0.0386 e. The Balaban J connectivity index is 2.17. The number of aromatic nitrogens is 1. The zero-order valence-corrected chi connectivity index (χ0v) is 13.5.